The van der Waals surface area contributed by atoms with Gasteiger partial charge in [0.15, 0.2) is 17.1 Å². The molecule has 1 N–H and O–H groups in total. The first-order chi connectivity index (χ1) is 18.5. The highest BCUT2D eigenvalue weighted by atomic mass is 32.2. The molecule has 1 amide bonds. The Labute approximate surface area is 229 Å². The number of para-hydroxylation sites is 1. The zero-order chi connectivity index (χ0) is 28.2. The number of hydrogen-bond acceptors (Lipinski definition) is 5. The number of alkyl halides is 3. The largest absolute Gasteiger partial charge is 0.483 e. The van der Waals surface area contributed by atoms with Gasteiger partial charge < -0.3 is 10.1 Å². The van der Waals surface area contributed by atoms with Crippen LogP contribution in [0.1, 0.15) is 56.7 Å². The van der Waals surface area contributed by atoms with E-state index in [0.29, 0.717) is 22.6 Å². The molecule has 2 atom stereocenters. The fraction of sp³-hybridized carbons (Fsp3) is 0.276. The zero-order valence-electron chi connectivity index (χ0n) is 21.9. The molecule has 3 aromatic carbocycles. The third-order valence-electron chi connectivity index (χ3n) is 6.00. The molecule has 204 valence electrons. The minimum Gasteiger partial charge on any atom is -0.483 e. The number of anilines is 1. The lowest BCUT2D eigenvalue weighted by molar-refractivity contribution is -0.137. The molecule has 2 unspecified atom stereocenters. The van der Waals surface area contributed by atoms with Crippen molar-refractivity contribution >= 4 is 23.4 Å². The summed E-state index contributed by atoms with van der Waals surface area (Å²) in [5, 5.41) is 11.1. The Kier molecular flexibility index (Phi) is 8.64. The summed E-state index contributed by atoms with van der Waals surface area (Å²) >= 11 is 1.15. The summed E-state index contributed by atoms with van der Waals surface area (Å²) in [6, 6.07) is 21.9. The van der Waals surface area contributed by atoms with Crippen molar-refractivity contribution in [1.82, 2.24) is 14.8 Å². The number of benzene rings is 3. The third-order valence-corrected chi connectivity index (χ3v) is 7.05. The van der Waals surface area contributed by atoms with Crippen LogP contribution in [0.15, 0.2) is 84.0 Å². The molecular weight excluding hydrogens is 525 g/mol. The molecule has 1 heterocycles. The second kappa shape index (κ2) is 11.9. The number of ether oxygens (including phenoxy) is 1. The predicted molar refractivity (Wildman–Crippen MR) is 146 cm³/mol. The molecule has 0 saturated carbocycles. The van der Waals surface area contributed by atoms with Crippen molar-refractivity contribution in [3.63, 3.8) is 0 Å². The summed E-state index contributed by atoms with van der Waals surface area (Å²) in [6.45, 7) is 7.79. The van der Waals surface area contributed by atoms with Gasteiger partial charge in [-0.1, -0.05) is 62.0 Å². The number of amides is 1. The van der Waals surface area contributed by atoms with Gasteiger partial charge in [0.2, 0.25) is 5.91 Å². The second-order valence-corrected chi connectivity index (χ2v) is 10.6. The highest BCUT2D eigenvalue weighted by Gasteiger charge is 2.31. The molecule has 0 saturated heterocycles. The van der Waals surface area contributed by atoms with Gasteiger partial charge in [-0.2, -0.15) is 13.2 Å². The van der Waals surface area contributed by atoms with Crippen LogP contribution in [0.3, 0.4) is 0 Å². The van der Waals surface area contributed by atoms with Gasteiger partial charge in [0.05, 0.1) is 10.8 Å². The second-order valence-electron chi connectivity index (χ2n) is 9.32. The van der Waals surface area contributed by atoms with Crippen LogP contribution in [0.5, 0.6) is 5.75 Å². The molecule has 0 fully saturated rings. The number of nitrogens with zero attached hydrogens (tertiary/aromatic N) is 3. The van der Waals surface area contributed by atoms with Crippen molar-refractivity contribution in [3.05, 3.63) is 95.8 Å². The van der Waals surface area contributed by atoms with Crippen LogP contribution in [-0.2, 0) is 11.0 Å². The number of thioether (sulfide) groups is 1. The van der Waals surface area contributed by atoms with E-state index in [2.05, 4.69) is 29.4 Å². The van der Waals surface area contributed by atoms with Gasteiger partial charge in [-0.3, -0.25) is 9.36 Å². The average molecular weight is 555 g/mol. The van der Waals surface area contributed by atoms with Gasteiger partial charge in [-0.05, 0) is 67.8 Å². The van der Waals surface area contributed by atoms with E-state index < -0.39 is 29.0 Å². The molecule has 0 radical (unpaired) electrons. The van der Waals surface area contributed by atoms with Crippen molar-refractivity contribution in [1.29, 1.82) is 0 Å². The van der Waals surface area contributed by atoms with Crippen molar-refractivity contribution in [2.24, 2.45) is 0 Å². The maximum Gasteiger partial charge on any atom is 0.416 e. The number of carbonyl (C=O) groups excluding carboxylic acids is 1. The highest BCUT2D eigenvalue weighted by Crippen LogP contribution is 2.32. The number of hydrogen-bond donors (Lipinski definition) is 1. The Bertz CT molecular complexity index is 1410. The summed E-state index contributed by atoms with van der Waals surface area (Å²) in [7, 11) is 0. The fourth-order valence-electron chi connectivity index (χ4n) is 3.86. The first-order valence-corrected chi connectivity index (χ1v) is 13.3. The molecule has 6 nitrogen and oxygen atoms in total. The Morgan fingerprint density at radius 3 is 2.26 bits per heavy atom. The predicted octanol–water partition coefficient (Wildman–Crippen LogP) is 7.67. The number of aromatic nitrogens is 3. The quantitative estimate of drug-likeness (QED) is 0.215. The molecule has 1 aromatic heterocycles. The maximum absolute atomic E-state index is 13.1. The molecule has 4 aromatic rings. The molecular formula is C29H29F3N4O2S. The molecule has 4 rings (SSSR count). The minimum absolute atomic E-state index is 0.0676. The summed E-state index contributed by atoms with van der Waals surface area (Å²) < 4.78 is 47.2. The van der Waals surface area contributed by atoms with Gasteiger partial charge in [0.1, 0.15) is 5.75 Å². The first kappa shape index (κ1) is 28.2. The van der Waals surface area contributed by atoms with Crippen LogP contribution >= 0.6 is 11.8 Å². The van der Waals surface area contributed by atoms with Crippen LogP contribution < -0.4 is 10.1 Å². The Morgan fingerprint density at radius 1 is 0.923 bits per heavy atom. The van der Waals surface area contributed by atoms with Crippen LogP contribution in [0.2, 0.25) is 0 Å². The van der Waals surface area contributed by atoms with E-state index in [1.165, 1.54) is 17.7 Å². The van der Waals surface area contributed by atoms with Gasteiger partial charge in [-0.25, -0.2) is 0 Å². The first-order valence-electron chi connectivity index (χ1n) is 12.4. The minimum atomic E-state index is -4.50. The molecule has 0 aliphatic heterocycles. The van der Waals surface area contributed by atoms with E-state index in [0.717, 1.165) is 29.6 Å². The van der Waals surface area contributed by atoms with E-state index in [1.54, 1.807) is 6.92 Å². The number of rotatable bonds is 9. The summed E-state index contributed by atoms with van der Waals surface area (Å²) in [4.78, 5) is 12.9. The summed E-state index contributed by atoms with van der Waals surface area (Å²) in [6.07, 6.45) is -4.97. The summed E-state index contributed by atoms with van der Waals surface area (Å²) in [5.74, 6) is 1.18. The number of nitrogens with one attached hydrogen (secondary N) is 1. The number of halogens is 3. The normalized spacial score (nSPS) is 13.2. The van der Waals surface area contributed by atoms with Crippen LogP contribution in [0, 0.1) is 0 Å². The SMILES string of the molecule is CC(Sc1nnc(C(C)Oc2ccc(C(C)C)cc2)n1-c1ccccc1)C(=O)Nc1cccc(C(F)(F)F)c1. The van der Waals surface area contributed by atoms with Gasteiger partial charge >= 0.3 is 6.18 Å². The van der Waals surface area contributed by atoms with Crippen LogP contribution in [0.4, 0.5) is 18.9 Å². The van der Waals surface area contributed by atoms with Crippen molar-refractivity contribution in [2.45, 2.75) is 56.3 Å². The maximum atomic E-state index is 13.1. The monoisotopic (exact) mass is 554 g/mol. The lowest BCUT2D eigenvalue weighted by atomic mass is 10.0. The van der Waals surface area contributed by atoms with E-state index >= 15 is 0 Å². The standard InChI is InChI=1S/C29H29F3N4O2S/c1-18(2)21-13-15-25(16-14-21)38-19(3)26-34-35-28(36(26)24-11-6-5-7-12-24)39-20(4)27(37)33-23-10-8-9-22(17-23)29(30,31)32/h5-20H,1-4H3,(H,33,37). The van der Waals surface area contributed by atoms with Gasteiger partial charge in [-0.15, -0.1) is 10.2 Å². The number of carbonyl (C=O) groups is 1. The zero-order valence-corrected chi connectivity index (χ0v) is 22.8. The lowest BCUT2D eigenvalue weighted by Crippen LogP contribution is -2.23. The Balaban J connectivity index is 1.55. The van der Waals surface area contributed by atoms with Crippen molar-refractivity contribution in [3.8, 4) is 11.4 Å². The Morgan fingerprint density at radius 2 is 1.62 bits per heavy atom. The van der Waals surface area contributed by atoms with Crippen LogP contribution in [-0.4, -0.2) is 25.9 Å². The smallest absolute Gasteiger partial charge is 0.416 e. The molecule has 10 heteroatoms. The van der Waals surface area contributed by atoms with E-state index in [9.17, 15) is 18.0 Å². The third kappa shape index (κ3) is 7.00. The van der Waals surface area contributed by atoms with Crippen LogP contribution in [0.25, 0.3) is 5.69 Å². The Hall–Kier alpha value is -3.79. The lowest BCUT2D eigenvalue weighted by Gasteiger charge is -2.18. The highest BCUT2D eigenvalue weighted by molar-refractivity contribution is 8.00. The van der Waals surface area contributed by atoms with E-state index in [-0.39, 0.29) is 5.69 Å². The van der Waals surface area contributed by atoms with E-state index in [1.807, 2.05) is 66.1 Å². The van der Waals surface area contributed by atoms with Gasteiger partial charge in [0, 0.05) is 11.4 Å². The van der Waals surface area contributed by atoms with Crippen molar-refractivity contribution in [2.75, 3.05) is 5.32 Å². The summed E-state index contributed by atoms with van der Waals surface area (Å²) in [5.41, 5.74) is 1.23. The molecule has 0 aliphatic carbocycles. The average Bonchev–Trinajstić information content (AvgIpc) is 3.32. The molecule has 0 bridgehead atoms. The molecule has 0 aliphatic rings. The fourth-order valence-corrected chi connectivity index (χ4v) is 4.73. The topological polar surface area (TPSA) is 69.0 Å². The van der Waals surface area contributed by atoms with Gasteiger partial charge in [0.25, 0.3) is 0 Å². The van der Waals surface area contributed by atoms with Crippen molar-refractivity contribution < 1.29 is 22.7 Å². The molecule has 0 spiro atoms. The molecule has 39 heavy (non-hydrogen) atoms. The van der Waals surface area contributed by atoms with E-state index in [4.69, 9.17) is 4.74 Å².